The Morgan fingerprint density at radius 2 is 2.09 bits per heavy atom. The summed E-state index contributed by atoms with van der Waals surface area (Å²) in [7, 11) is 1.61. The largest absolute Gasteiger partial charge is 0.573 e. The zero-order valence-corrected chi connectivity index (χ0v) is 18.2. The first-order valence-electron chi connectivity index (χ1n) is 9.65. The molecule has 0 spiro atoms. The number of rotatable bonds is 7. The molecule has 0 unspecified atom stereocenters. The van der Waals surface area contributed by atoms with Crippen LogP contribution in [0, 0.1) is 10.1 Å². The molecule has 180 valence electrons. The predicted octanol–water partition coefficient (Wildman–Crippen LogP) is 3.88. The minimum Gasteiger partial charge on any atom is -0.443 e. The first kappa shape index (κ1) is 23.5. The molecule has 0 amide bonds. The van der Waals surface area contributed by atoms with Crippen molar-refractivity contribution >= 4 is 29.1 Å². The van der Waals surface area contributed by atoms with Gasteiger partial charge < -0.3 is 29.2 Å². The van der Waals surface area contributed by atoms with Gasteiger partial charge in [0.15, 0.2) is 0 Å². The third kappa shape index (κ3) is 5.46. The molecular weight excluding hydrogens is 485 g/mol. The molecule has 1 aliphatic heterocycles. The molecule has 2 aromatic heterocycles. The topological polar surface area (TPSA) is 118 Å². The lowest BCUT2D eigenvalue weighted by molar-refractivity contribution is -0.389. The molecule has 0 bridgehead atoms. The number of imidazole rings is 1. The molecule has 34 heavy (non-hydrogen) atoms. The fourth-order valence-corrected chi connectivity index (χ4v) is 3.43. The second-order valence-electron chi connectivity index (χ2n) is 7.15. The first-order chi connectivity index (χ1) is 16.1. The van der Waals surface area contributed by atoms with Crippen LogP contribution in [0.2, 0.25) is 5.02 Å². The van der Waals surface area contributed by atoms with Gasteiger partial charge in [-0.2, -0.15) is 0 Å². The van der Waals surface area contributed by atoms with Crippen LogP contribution < -0.4 is 14.4 Å². The zero-order chi connectivity index (χ0) is 24.5. The van der Waals surface area contributed by atoms with E-state index in [1.807, 2.05) is 0 Å². The van der Waals surface area contributed by atoms with Crippen molar-refractivity contribution in [2.75, 3.05) is 18.6 Å². The molecule has 1 atom stereocenters. The summed E-state index contributed by atoms with van der Waals surface area (Å²) < 4.78 is 53.7. The highest BCUT2D eigenvalue weighted by Crippen LogP contribution is 2.34. The predicted molar refractivity (Wildman–Crippen MR) is 111 cm³/mol. The number of hydrogen-bond acceptors (Lipinski definition) is 9. The second-order valence-corrected chi connectivity index (χ2v) is 7.55. The first-order valence-corrected chi connectivity index (χ1v) is 10.0. The molecule has 0 aliphatic carbocycles. The maximum absolute atomic E-state index is 12.4. The van der Waals surface area contributed by atoms with Gasteiger partial charge in [0.2, 0.25) is 5.95 Å². The number of nitrogens with zero attached hydrogens (tertiary/aromatic N) is 6. The van der Waals surface area contributed by atoms with Crippen molar-refractivity contribution in [1.82, 2.24) is 19.5 Å². The summed E-state index contributed by atoms with van der Waals surface area (Å²) in [5.41, 5.74) is 1.03. The standard InChI is InChI=1S/C19H16ClF3N6O5/c1-27(15-3-2-12(4-14(15)20)34-19(21,22)23)17-24-5-11(6-25-17)9-32-13-7-28-8-16(29(30)31)26-18(28)33-10-13/h2-6,8,13H,7,9-10H2,1H3/t13-/m0/s1. The highest BCUT2D eigenvalue weighted by atomic mass is 35.5. The Balaban J connectivity index is 1.35. The quantitative estimate of drug-likeness (QED) is 0.352. The Morgan fingerprint density at radius 3 is 2.74 bits per heavy atom. The maximum atomic E-state index is 12.4. The molecule has 3 aromatic rings. The van der Waals surface area contributed by atoms with Crippen LogP contribution in [0.4, 0.5) is 30.6 Å². The van der Waals surface area contributed by atoms with Gasteiger partial charge in [-0.05, 0) is 17.1 Å². The summed E-state index contributed by atoms with van der Waals surface area (Å²) in [5, 5.41) is 10.9. The van der Waals surface area contributed by atoms with Gasteiger partial charge in [-0.1, -0.05) is 11.6 Å². The SMILES string of the molecule is CN(c1ncc(CO[C@@H]2COc3nc([N+](=O)[O-])cn3C2)cn1)c1ccc(OC(F)(F)F)cc1Cl. The van der Waals surface area contributed by atoms with Crippen molar-refractivity contribution in [3.8, 4) is 11.8 Å². The van der Waals surface area contributed by atoms with Gasteiger partial charge >= 0.3 is 18.2 Å². The van der Waals surface area contributed by atoms with Gasteiger partial charge in [-0.15, -0.1) is 13.2 Å². The van der Waals surface area contributed by atoms with Crippen LogP contribution >= 0.6 is 11.6 Å². The van der Waals surface area contributed by atoms with Crippen LogP contribution in [-0.4, -0.2) is 50.6 Å². The Bertz CT molecular complexity index is 1190. The van der Waals surface area contributed by atoms with E-state index in [1.54, 1.807) is 7.05 Å². The Labute approximate surface area is 194 Å². The monoisotopic (exact) mass is 500 g/mol. The highest BCUT2D eigenvalue weighted by molar-refractivity contribution is 6.33. The van der Waals surface area contributed by atoms with E-state index in [1.165, 1.54) is 34.1 Å². The summed E-state index contributed by atoms with van der Waals surface area (Å²) in [4.78, 5) is 24.0. The summed E-state index contributed by atoms with van der Waals surface area (Å²) in [6.07, 6.45) is -0.831. The molecule has 11 nitrogen and oxygen atoms in total. The molecule has 0 fully saturated rings. The minimum absolute atomic E-state index is 0.0247. The van der Waals surface area contributed by atoms with E-state index in [9.17, 15) is 23.3 Å². The van der Waals surface area contributed by atoms with Crippen LogP contribution in [0.15, 0.2) is 36.8 Å². The number of halogens is 4. The van der Waals surface area contributed by atoms with E-state index in [0.717, 1.165) is 12.1 Å². The van der Waals surface area contributed by atoms with Crippen molar-refractivity contribution in [2.45, 2.75) is 25.6 Å². The van der Waals surface area contributed by atoms with E-state index in [0.29, 0.717) is 17.8 Å². The lowest BCUT2D eigenvalue weighted by atomic mass is 10.3. The van der Waals surface area contributed by atoms with Crippen LogP contribution in [0.1, 0.15) is 5.56 Å². The molecule has 0 radical (unpaired) electrons. The number of hydrogen-bond donors (Lipinski definition) is 0. The number of benzene rings is 1. The molecule has 3 heterocycles. The van der Waals surface area contributed by atoms with E-state index in [2.05, 4.69) is 19.7 Å². The third-order valence-electron chi connectivity index (χ3n) is 4.70. The molecule has 0 saturated carbocycles. The zero-order valence-electron chi connectivity index (χ0n) is 17.4. The molecule has 1 aliphatic rings. The number of aromatic nitrogens is 4. The maximum Gasteiger partial charge on any atom is 0.573 e. The van der Waals surface area contributed by atoms with Gasteiger partial charge in [0.05, 0.1) is 23.9 Å². The Kier molecular flexibility index (Phi) is 6.43. The van der Waals surface area contributed by atoms with Crippen molar-refractivity contribution < 1.29 is 32.3 Å². The fraction of sp³-hybridized carbons (Fsp3) is 0.316. The second kappa shape index (κ2) is 9.30. The summed E-state index contributed by atoms with van der Waals surface area (Å²) >= 11 is 6.10. The molecule has 0 saturated heterocycles. The molecule has 0 N–H and O–H groups in total. The van der Waals surface area contributed by atoms with Gasteiger partial charge in [-0.3, -0.25) is 4.57 Å². The Morgan fingerprint density at radius 1 is 1.35 bits per heavy atom. The molecular formula is C19H16ClF3N6O5. The van der Waals surface area contributed by atoms with Crippen LogP contribution in [0.25, 0.3) is 0 Å². The number of ether oxygens (including phenoxy) is 3. The Hall–Kier alpha value is -3.65. The number of anilines is 2. The molecule has 1 aromatic carbocycles. The van der Waals surface area contributed by atoms with Crippen molar-refractivity contribution in [1.29, 1.82) is 0 Å². The third-order valence-corrected chi connectivity index (χ3v) is 5.01. The number of alkyl halides is 3. The van der Waals surface area contributed by atoms with E-state index in [-0.39, 0.29) is 42.1 Å². The van der Waals surface area contributed by atoms with E-state index < -0.39 is 17.0 Å². The lowest BCUT2D eigenvalue weighted by Gasteiger charge is -2.22. The summed E-state index contributed by atoms with van der Waals surface area (Å²) in [5.74, 6) is -0.481. The summed E-state index contributed by atoms with van der Waals surface area (Å²) in [6.45, 7) is 0.682. The van der Waals surface area contributed by atoms with Crippen LogP contribution in [0.5, 0.6) is 11.8 Å². The van der Waals surface area contributed by atoms with E-state index in [4.69, 9.17) is 21.1 Å². The molecule has 4 rings (SSSR count). The van der Waals surface area contributed by atoms with Crippen LogP contribution in [0.3, 0.4) is 0 Å². The van der Waals surface area contributed by atoms with Gasteiger partial charge in [0.1, 0.15) is 24.7 Å². The summed E-state index contributed by atoms with van der Waals surface area (Å²) in [6, 6.07) is 3.72. The van der Waals surface area contributed by atoms with Crippen molar-refractivity contribution in [3.63, 3.8) is 0 Å². The average molecular weight is 501 g/mol. The molecule has 15 heteroatoms. The van der Waals surface area contributed by atoms with Crippen molar-refractivity contribution in [3.05, 3.63) is 57.5 Å². The van der Waals surface area contributed by atoms with Crippen molar-refractivity contribution in [2.24, 2.45) is 0 Å². The number of nitro groups is 1. The highest BCUT2D eigenvalue weighted by Gasteiger charge is 2.31. The lowest BCUT2D eigenvalue weighted by Crippen LogP contribution is -2.32. The smallest absolute Gasteiger partial charge is 0.443 e. The van der Waals surface area contributed by atoms with Gasteiger partial charge in [0.25, 0.3) is 0 Å². The average Bonchev–Trinajstić information content (AvgIpc) is 3.20. The number of fused-ring (bicyclic) bond motifs is 1. The van der Waals surface area contributed by atoms with Gasteiger partial charge in [0, 0.05) is 36.1 Å². The fourth-order valence-electron chi connectivity index (χ4n) is 3.13. The minimum atomic E-state index is -4.82. The normalized spacial score (nSPS) is 15.4. The van der Waals surface area contributed by atoms with E-state index >= 15 is 0 Å². The van der Waals surface area contributed by atoms with Gasteiger partial charge in [-0.25, -0.2) is 9.97 Å². The van der Waals surface area contributed by atoms with Crippen LogP contribution in [-0.2, 0) is 17.9 Å².